The maximum absolute atomic E-state index is 13.1. The average Bonchev–Trinajstić information content (AvgIpc) is 2.66. The van der Waals surface area contributed by atoms with Gasteiger partial charge < -0.3 is 5.32 Å². The van der Waals surface area contributed by atoms with Crippen molar-refractivity contribution in [2.75, 3.05) is 11.9 Å². The van der Waals surface area contributed by atoms with Crippen LogP contribution in [-0.4, -0.2) is 23.1 Å². The molecule has 1 N–H and O–H groups in total. The van der Waals surface area contributed by atoms with Crippen LogP contribution >= 0.6 is 0 Å². The first kappa shape index (κ1) is 13.9. The van der Waals surface area contributed by atoms with E-state index in [1.165, 1.54) is 42.5 Å². The van der Waals surface area contributed by atoms with Gasteiger partial charge in [-0.05, 0) is 30.3 Å². The molecule has 1 aliphatic rings. The summed E-state index contributed by atoms with van der Waals surface area (Å²) in [5.74, 6) is -0.710. The number of nitrogens with zero attached hydrogens (tertiary/aromatic N) is 2. The summed E-state index contributed by atoms with van der Waals surface area (Å²) >= 11 is 0. The molecule has 6 nitrogen and oxygen atoms in total. The molecule has 0 atom stereocenters. The third kappa shape index (κ3) is 2.56. The van der Waals surface area contributed by atoms with Gasteiger partial charge in [-0.25, -0.2) is 4.39 Å². The van der Waals surface area contributed by atoms with Gasteiger partial charge >= 0.3 is 0 Å². The zero-order chi connectivity index (χ0) is 15.7. The van der Waals surface area contributed by atoms with Crippen molar-refractivity contribution < 1.29 is 14.1 Å². The molecular weight excluding hydrogens is 288 g/mol. The summed E-state index contributed by atoms with van der Waals surface area (Å²) in [6, 6.07) is 9.72. The van der Waals surface area contributed by atoms with E-state index in [1.54, 1.807) is 0 Å². The van der Waals surface area contributed by atoms with Gasteiger partial charge in [0.2, 0.25) is 5.91 Å². The monoisotopic (exact) mass is 298 g/mol. The van der Waals surface area contributed by atoms with Gasteiger partial charge in [-0.1, -0.05) is 0 Å². The molecule has 0 saturated heterocycles. The summed E-state index contributed by atoms with van der Waals surface area (Å²) in [5, 5.41) is 13.6. The minimum atomic E-state index is -0.519. The fourth-order valence-corrected chi connectivity index (χ4v) is 2.23. The predicted octanol–water partition coefficient (Wildman–Crippen LogP) is 2.52. The van der Waals surface area contributed by atoms with Crippen molar-refractivity contribution >= 4 is 23.0 Å². The molecule has 2 aromatic carbocycles. The fourth-order valence-electron chi connectivity index (χ4n) is 2.23. The number of aliphatic imine (C=N–C) groups is 1. The number of benzene rings is 2. The van der Waals surface area contributed by atoms with Crippen LogP contribution in [0.4, 0.5) is 15.8 Å². The van der Waals surface area contributed by atoms with Crippen molar-refractivity contribution in [3.63, 3.8) is 0 Å². The molecule has 110 valence electrons. The van der Waals surface area contributed by atoms with Crippen LogP contribution in [0.2, 0.25) is 0 Å². The van der Waals surface area contributed by atoms with Gasteiger partial charge in [0, 0.05) is 23.3 Å². The van der Waals surface area contributed by atoms with Crippen LogP contribution in [-0.2, 0) is 4.79 Å². The third-order valence-electron chi connectivity index (χ3n) is 3.24. The van der Waals surface area contributed by atoms with E-state index in [1.807, 2.05) is 0 Å². The summed E-state index contributed by atoms with van der Waals surface area (Å²) in [7, 11) is 0. The number of fused-ring (bicyclic) bond motifs is 1. The fraction of sp³-hybridized carbons (Fsp3) is 0.0667. The van der Waals surface area contributed by atoms with Gasteiger partial charge in [0.15, 0.2) is 0 Å². The van der Waals surface area contributed by atoms with Crippen LogP contribution in [0.25, 0.3) is 0 Å². The molecule has 0 aromatic heterocycles. The maximum atomic E-state index is 13.1. The lowest BCUT2D eigenvalue weighted by atomic mass is 10.00. The molecule has 0 unspecified atom stereocenters. The second-order valence-electron chi connectivity index (χ2n) is 4.71. The van der Waals surface area contributed by atoms with Crippen LogP contribution < -0.4 is 5.32 Å². The van der Waals surface area contributed by atoms with E-state index in [0.29, 0.717) is 22.5 Å². The molecule has 1 aliphatic heterocycles. The maximum Gasteiger partial charge on any atom is 0.270 e. The summed E-state index contributed by atoms with van der Waals surface area (Å²) in [6.07, 6.45) is 0. The van der Waals surface area contributed by atoms with Crippen LogP contribution in [0.15, 0.2) is 47.5 Å². The highest BCUT2D eigenvalue weighted by Gasteiger charge is 2.21. The Morgan fingerprint density at radius 1 is 1.18 bits per heavy atom. The van der Waals surface area contributed by atoms with E-state index in [-0.39, 0.29) is 18.1 Å². The van der Waals surface area contributed by atoms with Gasteiger partial charge in [0.05, 0.1) is 16.3 Å². The van der Waals surface area contributed by atoms with Crippen LogP contribution in [0.1, 0.15) is 11.1 Å². The van der Waals surface area contributed by atoms with Crippen molar-refractivity contribution in [3.8, 4) is 0 Å². The van der Waals surface area contributed by atoms with Gasteiger partial charge in [-0.2, -0.15) is 0 Å². The molecule has 22 heavy (non-hydrogen) atoms. The molecule has 0 saturated carbocycles. The first-order valence-electron chi connectivity index (χ1n) is 6.43. The molecule has 1 heterocycles. The Labute approximate surface area is 124 Å². The molecule has 0 fully saturated rings. The number of nitro groups is 1. The van der Waals surface area contributed by atoms with E-state index in [2.05, 4.69) is 10.3 Å². The number of carbonyl (C=O) groups excluding carboxylic acids is 1. The topological polar surface area (TPSA) is 84.6 Å². The summed E-state index contributed by atoms with van der Waals surface area (Å²) in [5.41, 5.74) is 1.77. The molecule has 0 aliphatic carbocycles. The number of hydrogen-bond donors (Lipinski definition) is 1. The number of hydrogen-bond acceptors (Lipinski definition) is 4. The Balaban J connectivity index is 2.18. The van der Waals surface area contributed by atoms with Crippen LogP contribution in [0.5, 0.6) is 0 Å². The van der Waals surface area contributed by atoms with Gasteiger partial charge in [-0.3, -0.25) is 19.9 Å². The highest BCUT2D eigenvalue weighted by atomic mass is 18.2. The lowest BCUT2D eigenvalue weighted by Gasteiger charge is -2.09. The lowest BCUT2D eigenvalue weighted by Crippen LogP contribution is -2.13. The zero-order valence-corrected chi connectivity index (χ0v) is 11.2. The molecule has 0 bridgehead atoms. The normalized spacial score (nSPS) is 13.7. The minimum absolute atomic E-state index is 0.102. The zero-order valence-electron chi connectivity index (χ0n) is 11.2. The van der Waals surface area contributed by atoms with E-state index in [9.17, 15) is 19.3 Å². The molecule has 3 rings (SSSR count). The van der Waals surface area contributed by atoms with Crippen LogP contribution in [0.3, 0.4) is 0 Å². The Morgan fingerprint density at radius 2 is 1.91 bits per heavy atom. The average molecular weight is 298 g/mol. The number of halogens is 1. The summed E-state index contributed by atoms with van der Waals surface area (Å²) in [6.45, 7) is -0.102. The van der Waals surface area contributed by atoms with Gasteiger partial charge in [0.25, 0.3) is 5.69 Å². The Morgan fingerprint density at radius 3 is 2.59 bits per heavy atom. The number of amides is 1. The summed E-state index contributed by atoms with van der Waals surface area (Å²) < 4.78 is 13.1. The van der Waals surface area contributed by atoms with Gasteiger partial charge in [-0.15, -0.1) is 0 Å². The van der Waals surface area contributed by atoms with E-state index in [0.717, 1.165) is 0 Å². The predicted molar refractivity (Wildman–Crippen MR) is 78.6 cm³/mol. The third-order valence-corrected chi connectivity index (χ3v) is 3.24. The SMILES string of the molecule is O=C1CN=C(c2ccc([18F])cc2)c2cc([N+](=O)[O-])ccc2N1. The number of carbonyl (C=O) groups is 1. The quantitative estimate of drug-likeness (QED) is 0.683. The molecule has 1 amide bonds. The molecule has 7 heteroatoms. The molecule has 2 aromatic rings. The molecule has 0 radical (unpaired) electrons. The second kappa shape index (κ2) is 5.36. The minimum Gasteiger partial charge on any atom is -0.324 e. The Hall–Kier alpha value is -3.09. The second-order valence-corrected chi connectivity index (χ2v) is 4.71. The highest BCUT2D eigenvalue weighted by Crippen LogP contribution is 2.27. The largest absolute Gasteiger partial charge is 0.324 e. The lowest BCUT2D eigenvalue weighted by molar-refractivity contribution is -0.384. The number of non-ortho nitro benzene ring substituents is 1. The van der Waals surface area contributed by atoms with Crippen molar-refractivity contribution in [1.29, 1.82) is 0 Å². The Bertz CT molecular complexity index is 800. The van der Waals surface area contributed by atoms with Crippen molar-refractivity contribution in [1.82, 2.24) is 0 Å². The first-order valence-corrected chi connectivity index (χ1v) is 6.43. The smallest absolute Gasteiger partial charge is 0.270 e. The van der Waals surface area contributed by atoms with Crippen LogP contribution in [0, 0.1) is 15.9 Å². The van der Waals surface area contributed by atoms with Crippen molar-refractivity contribution in [3.05, 3.63) is 69.5 Å². The number of anilines is 1. The number of nitrogens with one attached hydrogen (secondary N) is 1. The molecular formula is C15H10FN3O3. The number of benzodiazepines with no additional fused rings is 1. The summed E-state index contributed by atoms with van der Waals surface area (Å²) in [4.78, 5) is 26.3. The number of nitro benzene ring substituents is 1. The highest BCUT2D eigenvalue weighted by molar-refractivity contribution is 6.19. The van der Waals surface area contributed by atoms with Gasteiger partial charge in [0.1, 0.15) is 12.4 Å². The van der Waals surface area contributed by atoms with E-state index in [4.69, 9.17) is 0 Å². The van der Waals surface area contributed by atoms with E-state index >= 15 is 0 Å². The van der Waals surface area contributed by atoms with Crippen molar-refractivity contribution in [2.45, 2.75) is 0 Å². The first-order chi connectivity index (χ1) is 10.5. The Kier molecular flexibility index (Phi) is 3.38. The van der Waals surface area contributed by atoms with E-state index < -0.39 is 10.7 Å². The standard InChI is InChI=1S/C15H10FN3O3/c16-10-3-1-9(2-4-10)15-12-7-11(19(21)22)5-6-13(12)18-14(20)8-17-15/h1-7H,8H2,(H,18,20)/i16-1. The number of rotatable bonds is 2. The van der Waals surface area contributed by atoms with Crippen molar-refractivity contribution in [2.24, 2.45) is 4.99 Å². The molecule has 0 spiro atoms.